The lowest BCUT2D eigenvalue weighted by Crippen LogP contribution is -2.53. The van der Waals surface area contributed by atoms with Crippen molar-refractivity contribution in [1.29, 1.82) is 0 Å². The average molecular weight is 527 g/mol. The molecule has 2 aliphatic heterocycles. The maximum absolute atomic E-state index is 13.6. The molecular weight excluding hydrogens is 492 g/mol. The highest BCUT2D eigenvalue weighted by Crippen LogP contribution is 2.36. The van der Waals surface area contributed by atoms with Crippen LogP contribution >= 0.6 is 0 Å². The van der Waals surface area contributed by atoms with E-state index < -0.39 is 16.1 Å². The number of morpholine rings is 1. The first kappa shape index (κ1) is 25.7. The first-order valence-electron chi connectivity index (χ1n) is 12.7. The zero-order chi connectivity index (χ0) is 26.2. The fraction of sp³-hybridized carbons (Fsp3) is 0.444. The third-order valence-electron chi connectivity index (χ3n) is 7.31. The van der Waals surface area contributed by atoms with Gasteiger partial charge in [0.1, 0.15) is 0 Å². The van der Waals surface area contributed by atoms with Crippen LogP contribution in [-0.4, -0.2) is 92.7 Å². The first-order chi connectivity index (χ1) is 17.8. The second-order valence-electron chi connectivity index (χ2n) is 9.91. The fourth-order valence-corrected chi connectivity index (χ4v) is 6.34. The van der Waals surface area contributed by atoms with Crippen LogP contribution in [0.2, 0.25) is 0 Å². The van der Waals surface area contributed by atoms with Gasteiger partial charge >= 0.3 is 0 Å². The number of aliphatic hydroxyl groups excluding tert-OH is 1. The average Bonchev–Trinajstić information content (AvgIpc) is 3.58. The molecule has 0 spiro atoms. The van der Waals surface area contributed by atoms with Gasteiger partial charge in [-0.1, -0.05) is 12.1 Å². The Hall–Kier alpha value is -2.92. The zero-order valence-electron chi connectivity index (χ0n) is 21.3. The number of carbonyl (C=O) groups is 1. The minimum atomic E-state index is -3.94. The number of hydrogen-bond acceptors (Lipinski definition) is 6. The minimum absolute atomic E-state index is 0.135. The van der Waals surface area contributed by atoms with Crippen molar-refractivity contribution < 1.29 is 23.1 Å². The molecule has 0 radical (unpaired) electrons. The fourth-order valence-electron chi connectivity index (χ4n) is 5.19. The van der Waals surface area contributed by atoms with E-state index >= 15 is 0 Å². The number of benzene rings is 2. The number of aromatic amines is 1. The number of fused-ring (bicyclic) bond motifs is 1. The van der Waals surface area contributed by atoms with E-state index in [-0.39, 0.29) is 30.6 Å². The molecule has 3 heterocycles. The van der Waals surface area contributed by atoms with Gasteiger partial charge in [-0.05, 0) is 55.7 Å². The molecule has 0 bridgehead atoms. The van der Waals surface area contributed by atoms with E-state index in [0.29, 0.717) is 13.2 Å². The van der Waals surface area contributed by atoms with Crippen LogP contribution in [0.3, 0.4) is 0 Å². The Bertz CT molecular complexity index is 1400. The summed E-state index contributed by atoms with van der Waals surface area (Å²) < 4.78 is 33.6. The topological polar surface area (TPSA) is 106 Å². The number of aromatic nitrogens is 1. The summed E-state index contributed by atoms with van der Waals surface area (Å²) >= 11 is 0. The van der Waals surface area contributed by atoms with Crippen molar-refractivity contribution in [1.82, 2.24) is 14.2 Å². The largest absolute Gasteiger partial charge is 0.394 e. The van der Waals surface area contributed by atoms with Gasteiger partial charge in [-0.15, -0.1) is 0 Å². The van der Waals surface area contributed by atoms with Crippen LogP contribution in [0.4, 0.5) is 5.69 Å². The van der Waals surface area contributed by atoms with Crippen molar-refractivity contribution in [3.05, 3.63) is 48.0 Å². The molecule has 1 aromatic heterocycles. The smallest absolute Gasteiger partial charge is 0.243 e. The number of H-pyrrole nitrogens is 1. The molecular formula is C27H34N4O5S. The summed E-state index contributed by atoms with van der Waals surface area (Å²) in [5.74, 6) is -0.353. The van der Waals surface area contributed by atoms with E-state index in [9.17, 15) is 18.3 Å². The molecule has 0 unspecified atom stereocenters. The van der Waals surface area contributed by atoms with Crippen molar-refractivity contribution in [3.63, 3.8) is 0 Å². The second-order valence-corrected chi connectivity index (χ2v) is 12.0. The summed E-state index contributed by atoms with van der Waals surface area (Å²) in [4.78, 5) is 20.4. The predicted molar refractivity (Wildman–Crippen MR) is 143 cm³/mol. The number of sulfonamides is 1. The van der Waals surface area contributed by atoms with Crippen LogP contribution in [0.25, 0.3) is 22.2 Å². The first-order valence-corrected chi connectivity index (χ1v) is 14.1. The van der Waals surface area contributed by atoms with Gasteiger partial charge in [-0.25, -0.2) is 8.42 Å². The van der Waals surface area contributed by atoms with Gasteiger partial charge in [0.2, 0.25) is 15.9 Å². The third-order valence-corrected chi connectivity index (χ3v) is 9.11. The van der Waals surface area contributed by atoms with Gasteiger partial charge in [0, 0.05) is 54.5 Å². The Labute approximate surface area is 217 Å². The number of carbonyl (C=O) groups excluding carboxylic acids is 1. The summed E-state index contributed by atoms with van der Waals surface area (Å²) in [6.45, 7) is 4.29. The van der Waals surface area contributed by atoms with E-state index in [1.54, 1.807) is 12.1 Å². The number of nitrogens with one attached hydrogen (secondary N) is 1. The summed E-state index contributed by atoms with van der Waals surface area (Å²) in [5, 5.41) is 10.7. The van der Waals surface area contributed by atoms with Gasteiger partial charge in [-0.2, -0.15) is 4.31 Å². The van der Waals surface area contributed by atoms with Gasteiger partial charge in [-0.3, -0.25) is 4.79 Å². The van der Waals surface area contributed by atoms with Crippen LogP contribution in [0, 0.1) is 6.92 Å². The summed E-state index contributed by atoms with van der Waals surface area (Å²) in [6, 6.07) is 13.0. The lowest BCUT2D eigenvalue weighted by molar-refractivity contribution is -0.141. The summed E-state index contributed by atoms with van der Waals surface area (Å²) in [6.07, 6.45) is 2.21. The molecule has 0 saturated carbocycles. The standard InChI is InChI=1S/C27H34N4O5S/c1-19-5-6-20-14-25(28-24(20)13-19)23-15-22(7-8-26(23)30-9-3-4-10-30)37(34,35)29(2)16-27(33)31-11-12-36-18-21(31)17-32/h5-8,13-15,21,28,32H,3-4,9-12,16-18H2,1-2H3/t21-/m0/s1. The number of hydrogen-bond donors (Lipinski definition) is 2. The quantitative estimate of drug-likeness (QED) is 0.490. The van der Waals surface area contributed by atoms with E-state index in [0.717, 1.165) is 63.6 Å². The van der Waals surface area contributed by atoms with Crippen LogP contribution in [0.1, 0.15) is 18.4 Å². The maximum Gasteiger partial charge on any atom is 0.243 e. The lowest BCUT2D eigenvalue weighted by Gasteiger charge is -2.35. The van der Waals surface area contributed by atoms with Gasteiger partial charge in [0.25, 0.3) is 0 Å². The molecule has 9 nitrogen and oxygen atoms in total. The molecule has 198 valence electrons. The number of amides is 1. The molecule has 0 aliphatic carbocycles. The Balaban J connectivity index is 1.47. The number of anilines is 1. The van der Waals surface area contributed by atoms with Crippen molar-refractivity contribution >= 4 is 32.5 Å². The van der Waals surface area contributed by atoms with E-state index in [2.05, 4.69) is 34.1 Å². The van der Waals surface area contributed by atoms with Crippen molar-refractivity contribution in [2.24, 2.45) is 0 Å². The summed E-state index contributed by atoms with van der Waals surface area (Å²) in [5.41, 5.74) is 4.83. The third kappa shape index (κ3) is 5.11. The van der Waals surface area contributed by atoms with E-state index in [1.807, 2.05) is 13.0 Å². The Morgan fingerprint density at radius 2 is 1.92 bits per heavy atom. The molecule has 2 aliphatic rings. The Morgan fingerprint density at radius 3 is 2.68 bits per heavy atom. The van der Waals surface area contributed by atoms with Gasteiger partial charge in [0.15, 0.2) is 0 Å². The molecule has 3 aromatic rings. The maximum atomic E-state index is 13.6. The number of rotatable bonds is 7. The second kappa shape index (κ2) is 10.4. The highest BCUT2D eigenvalue weighted by Gasteiger charge is 2.31. The van der Waals surface area contributed by atoms with Crippen molar-refractivity contribution in [2.45, 2.75) is 30.7 Å². The molecule has 2 saturated heterocycles. The highest BCUT2D eigenvalue weighted by molar-refractivity contribution is 7.89. The number of ether oxygens (including phenoxy) is 1. The lowest BCUT2D eigenvalue weighted by atomic mass is 10.1. The normalized spacial score (nSPS) is 18.8. The van der Waals surface area contributed by atoms with Gasteiger partial charge in [0.05, 0.1) is 37.3 Å². The van der Waals surface area contributed by atoms with Crippen molar-refractivity contribution in [2.75, 3.05) is 57.9 Å². The van der Waals surface area contributed by atoms with Crippen LogP contribution in [0.5, 0.6) is 0 Å². The number of aliphatic hydroxyl groups is 1. The molecule has 5 rings (SSSR count). The highest BCUT2D eigenvalue weighted by atomic mass is 32.2. The molecule has 1 atom stereocenters. The van der Waals surface area contributed by atoms with Crippen LogP contribution in [0.15, 0.2) is 47.4 Å². The number of aryl methyl sites for hydroxylation is 1. The zero-order valence-corrected chi connectivity index (χ0v) is 22.1. The SMILES string of the molecule is Cc1ccc2cc(-c3cc(S(=O)(=O)N(C)CC(=O)N4CCOC[C@@H]4CO)ccc3N3CCCC3)[nH]c2c1. The monoisotopic (exact) mass is 526 g/mol. The number of nitrogens with zero attached hydrogens (tertiary/aromatic N) is 3. The van der Waals surface area contributed by atoms with Crippen molar-refractivity contribution in [3.8, 4) is 11.3 Å². The van der Waals surface area contributed by atoms with E-state index in [4.69, 9.17) is 4.74 Å². The molecule has 37 heavy (non-hydrogen) atoms. The molecule has 2 fully saturated rings. The molecule has 2 aromatic carbocycles. The van der Waals surface area contributed by atoms with Crippen LogP contribution in [-0.2, 0) is 19.6 Å². The molecule has 1 amide bonds. The van der Waals surface area contributed by atoms with Gasteiger partial charge < -0.3 is 24.6 Å². The van der Waals surface area contributed by atoms with Crippen LogP contribution < -0.4 is 4.90 Å². The van der Waals surface area contributed by atoms with E-state index in [1.165, 1.54) is 11.9 Å². The summed E-state index contributed by atoms with van der Waals surface area (Å²) in [7, 11) is -2.53. The molecule has 10 heteroatoms. The minimum Gasteiger partial charge on any atom is -0.394 e. The number of likely N-dealkylation sites (N-methyl/N-ethyl adjacent to an activating group) is 1. The Morgan fingerprint density at radius 1 is 1.14 bits per heavy atom. The molecule has 2 N–H and O–H groups in total. The Kier molecular flexibility index (Phi) is 7.26. The predicted octanol–water partition coefficient (Wildman–Crippen LogP) is 2.58.